The predicted molar refractivity (Wildman–Crippen MR) is 84.0 cm³/mol. The van der Waals surface area contributed by atoms with Gasteiger partial charge < -0.3 is 5.73 Å². The van der Waals surface area contributed by atoms with Crippen LogP contribution in [-0.2, 0) is 10.0 Å². The number of sulfonamides is 1. The molecule has 0 spiro atoms. The van der Waals surface area contributed by atoms with Crippen molar-refractivity contribution in [2.75, 3.05) is 17.0 Å². The molecule has 0 aliphatic heterocycles. The number of hydrogen-bond donors (Lipinski definition) is 2. The molecule has 0 aliphatic carbocycles. The Morgan fingerprint density at radius 1 is 1.35 bits per heavy atom. The normalized spacial score (nSPS) is 11.1. The molecule has 3 N–H and O–H groups in total. The van der Waals surface area contributed by atoms with Crippen molar-refractivity contribution >= 4 is 15.7 Å². The molecule has 0 fully saturated rings. The molecule has 0 aromatic heterocycles. The minimum Gasteiger partial charge on any atom is -0.320 e. The van der Waals surface area contributed by atoms with Gasteiger partial charge in [-0.05, 0) is 37.0 Å². The number of nitrogens with two attached hydrogens (primary N) is 1. The van der Waals surface area contributed by atoms with Gasteiger partial charge in [-0.3, -0.25) is 4.72 Å². The fourth-order valence-electron chi connectivity index (χ4n) is 1.59. The molecule has 110 valence electrons. The second-order valence-electron chi connectivity index (χ2n) is 5.14. The van der Waals surface area contributed by atoms with Crippen molar-refractivity contribution in [2.45, 2.75) is 27.2 Å². The third kappa shape index (κ3) is 5.64. The quantitative estimate of drug-likeness (QED) is 0.817. The lowest BCUT2D eigenvalue weighted by Gasteiger charge is -2.10. The molecular formula is C15H22N2O2S. The van der Waals surface area contributed by atoms with Gasteiger partial charge in [0.25, 0.3) is 0 Å². The van der Waals surface area contributed by atoms with Gasteiger partial charge in [0.1, 0.15) is 0 Å². The number of benzene rings is 1. The standard InChI is InChI=1S/C15H22N2O2S/c1-12(2)8-10-20(18,19)17-15-7-6-13(3)14(11-15)5-4-9-16/h6-7,11-12,17H,8-10,16H2,1-3H3. The molecule has 0 heterocycles. The van der Waals surface area contributed by atoms with Crippen LogP contribution in [0.3, 0.4) is 0 Å². The first-order chi connectivity index (χ1) is 9.34. The lowest BCUT2D eigenvalue weighted by atomic mass is 10.1. The molecule has 1 aromatic carbocycles. The van der Waals surface area contributed by atoms with Gasteiger partial charge in [0, 0.05) is 11.3 Å². The summed E-state index contributed by atoms with van der Waals surface area (Å²) in [4.78, 5) is 0. The van der Waals surface area contributed by atoms with E-state index >= 15 is 0 Å². The average molecular weight is 294 g/mol. The molecular weight excluding hydrogens is 272 g/mol. The Hall–Kier alpha value is -1.51. The minimum atomic E-state index is -3.30. The maximum atomic E-state index is 11.9. The van der Waals surface area contributed by atoms with Gasteiger partial charge in [-0.25, -0.2) is 8.42 Å². The van der Waals surface area contributed by atoms with E-state index in [1.54, 1.807) is 12.1 Å². The molecule has 0 saturated carbocycles. The number of rotatable bonds is 5. The Kier molecular flexibility index (Phi) is 6.05. The molecule has 1 rings (SSSR count). The zero-order valence-electron chi connectivity index (χ0n) is 12.2. The molecule has 5 heteroatoms. The maximum Gasteiger partial charge on any atom is 0.232 e. The summed E-state index contributed by atoms with van der Waals surface area (Å²) in [5.74, 6) is 6.20. The Morgan fingerprint density at radius 2 is 2.05 bits per heavy atom. The summed E-state index contributed by atoms with van der Waals surface area (Å²) in [5.41, 5.74) is 7.68. The van der Waals surface area contributed by atoms with Crippen molar-refractivity contribution in [2.24, 2.45) is 11.7 Å². The lowest BCUT2D eigenvalue weighted by molar-refractivity contribution is 0.578. The van der Waals surface area contributed by atoms with Gasteiger partial charge in [-0.2, -0.15) is 0 Å². The van der Waals surface area contributed by atoms with Crippen LogP contribution in [0.1, 0.15) is 31.4 Å². The van der Waals surface area contributed by atoms with E-state index in [9.17, 15) is 8.42 Å². The maximum absolute atomic E-state index is 11.9. The molecule has 4 nitrogen and oxygen atoms in total. The summed E-state index contributed by atoms with van der Waals surface area (Å²) in [6, 6.07) is 5.33. The molecule has 0 amide bonds. The van der Waals surface area contributed by atoms with E-state index < -0.39 is 10.0 Å². The molecule has 0 saturated heterocycles. The van der Waals surface area contributed by atoms with Gasteiger partial charge in [-0.1, -0.05) is 31.8 Å². The van der Waals surface area contributed by atoms with Crippen LogP contribution >= 0.6 is 0 Å². The van der Waals surface area contributed by atoms with Crippen LogP contribution in [0.25, 0.3) is 0 Å². The van der Waals surface area contributed by atoms with Crippen LogP contribution < -0.4 is 10.5 Å². The zero-order chi connectivity index (χ0) is 15.2. The highest BCUT2D eigenvalue weighted by atomic mass is 32.2. The first kappa shape index (κ1) is 16.5. The Balaban J connectivity index is 2.88. The van der Waals surface area contributed by atoms with Crippen LogP contribution in [-0.4, -0.2) is 20.7 Å². The van der Waals surface area contributed by atoms with Gasteiger partial charge >= 0.3 is 0 Å². The summed E-state index contributed by atoms with van der Waals surface area (Å²) in [6.07, 6.45) is 0.640. The topological polar surface area (TPSA) is 72.2 Å². The van der Waals surface area contributed by atoms with Crippen molar-refractivity contribution in [3.05, 3.63) is 29.3 Å². The van der Waals surface area contributed by atoms with Gasteiger partial charge in [0.2, 0.25) is 10.0 Å². The summed E-state index contributed by atoms with van der Waals surface area (Å²) >= 11 is 0. The number of aryl methyl sites for hydroxylation is 1. The second kappa shape index (κ2) is 7.32. The van der Waals surface area contributed by atoms with E-state index in [1.165, 1.54) is 0 Å². The average Bonchev–Trinajstić information content (AvgIpc) is 2.37. The molecule has 0 radical (unpaired) electrons. The highest BCUT2D eigenvalue weighted by Crippen LogP contribution is 2.16. The van der Waals surface area contributed by atoms with Crippen molar-refractivity contribution in [1.82, 2.24) is 0 Å². The number of hydrogen-bond acceptors (Lipinski definition) is 3. The number of nitrogens with one attached hydrogen (secondary N) is 1. The molecule has 0 aliphatic rings. The summed E-state index contributed by atoms with van der Waals surface area (Å²) in [6.45, 7) is 6.21. The second-order valence-corrected chi connectivity index (χ2v) is 6.98. The van der Waals surface area contributed by atoms with E-state index in [1.807, 2.05) is 26.8 Å². The van der Waals surface area contributed by atoms with Gasteiger partial charge in [0.15, 0.2) is 0 Å². The van der Waals surface area contributed by atoms with E-state index in [0.29, 0.717) is 18.0 Å². The summed E-state index contributed by atoms with van der Waals surface area (Å²) in [7, 11) is -3.30. The summed E-state index contributed by atoms with van der Waals surface area (Å²) < 4.78 is 26.5. The summed E-state index contributed by atoms with van der Waals surface area (Å²) in [5, 5.41) is 0. The SMILES string of the molecule is Cc1ccc(NS(=O)(=O)CCC(C)C)cc1C#CCN. The van der Waals surface area contributed by atoms with Gasteiger partial charge in [0.05, 0.1) is 12.3 Å². The predicted octanol–water partition coefficient (Wildman–Crippen LogP) is 2.09. The van der Waals surface area contributed by atoms with Crippen LogP contribution in [0, 0.1) is 24.7 Å². The van der Waals surface area contributed by atoms with E-state index in [2.05, 4.69) is 16.6 Å². The van der Waals surface area contributed by atoms with Crippen LogP contribution in [0.5, 0.6) is 0 Å². The fraction of sp³-hybridized carbons (Fsp3) is 0.467. The Labute approximate surface area is 121 Å². The van der Waals surface area contributed by atoms with Crippen molar-refractivity contribution in [3.63, 3.8) is 0 Å². The van der Waals surface area contributed by atoms with Gasteiger partial charge in [-0.15, -0.1) is 0 Å². The molecule has 1 aromatic rings. The Bertz CT molecular complexity index is 610. The van der Waals surface area contributed by atoms with E-state index in [-0.39, 0.29) is 12.3 Å². The largest absolute Gasteiger partial charge is 0.320 e. The van der Waals surface area contributed by atoms with Crippen LogP contribution in [0.15, 0.2) is 18.2 Å². The Morgan fingerprint density at radius 3 is 2.65 bits per heavy atom. The minimum absolute atomic E-state index is 0.127. The first-order valence-electron chi connectivity index (χ1n) is 6.64. The van der Waals surface area contributed by atoms with Crippen LogP contribution in [0.4, 0.5) is 5.69 Å². The molecule has 0 atom stereocenters. The highest BCUT2D eigenvalue weighted by molar-refractivity contribution is 7.92. The first-order valence-corrected chi connectivity index (χ1v) is 8.29. The smallest absolute Gasteiger partial charge is 0.232 e. The third-order valence-corrected chi connectivity index (χ3v) is 4.12. The molecule has 0 unspecified atom stereocenters. The number of anilines is 1. The van der Waals surface area contributed by atoms with Crippen LogP contribution in [0.2, 0.25) is 0 Å². The third-order valence-electron chi connectivity index (χ3n) is 2.80. The molecule has 20 heavy (non-hydrogen) atoms. The monoisotopic (exact) mass is 294 g/mol. The van der Waals surface area contributed by atoms with Crippen molar-refractivity contribution < 1.29 is 8.42 Å². The van der Waals surface area contributed by atoms with E-state index in [4.69, 9.17) is 5.73 Å². The van der Waals surface area contributed by atoms with E-state index in [0.717, 1.165) is 11.1 Å². The lowest BCUT2D eigenvalue weighted by Crippen LogP contribution is -2.18. The zero-order valence-corrected chi connectivity index (χ0v) is 13.0. The fourth-order valence-corrected chi connectivity index (χ4v) is 2.96. The molecule has 0 bridgehead atoms. The van der Waals surface area contributed by atoms with Crippen molar-refractivity contribution in [3.8, 4) is 11.8 Å². The van der Waals surface area contributed by atoms with Crippen molar-refractivity contribution in [1.29, 1.82) is 0 Å². The highest BCUT2D eigenvalue weighted by Gasteiger charge is 2.11.